The number of anilines is 1. The number of rotatable bonds is 3. The highest BCUT2D eigenvalue weighted by Crippen LogP contribution is 2.30. The van der Waals surface area contributed by atoms with Crippen LogP contribution in [0.2, 0.25) is 0 Å². The van der Waals surface area contributed by atoms with Crippen LogP contribution in [0.3, 0.4) is 0 Å². The van der Waals surface area contributed by atoms with Crippen molar-refractivity contribution >= 4 is 11.7 Å². The molecule has 0 saturated carbocycles. The zero-order chi connectivity index (χ0) is 14.7. The first-order chi connectivity index (χ1) is 9.58. The predicted octanol–water partition coefficient (Wildman–Crippen LogP) is 2.10. The molecule has 2 rings (SSSR count). The molecule has 1 saturated heterocycles. The summed E-state index contributed by atoms with van der Waals surface area (Å²) in [5, 5.41) is 9.35. The first kappa shape index (κ1) is 14.3. The van der Waals surface area contributed by atoms with Gasteiger partial charge in [0.25, 0.3) is 0 Å². The van der Waals surface area contributed by atoms with Crippen molar-refractivity contribution in [1.29, 1.82) is 5.26 Å². The van der Waals surface area contributed by atoms with Gasteiger partial charge >= 0.3 is 5.97 Å². The summed E-state index contributed by atoms with van der Waals surface area (Å²) in [7, 11) is 0. The minimum absolute atomic E-state index is 0.207. The van der Waals surface area contributed by atoms with Crippen LogP contribution in [0.4, 0.5) is 5.69 Å². The molecule has 0 N–H and O–H groups in total. The van der Waals surface area contributed by atoms with Gasteiger partial charge in [-0.1, -0.05) is 0 Å². The Hall–Kier alpha value is -2.09. The quantitative estimate of drug-likeness (QED) is 0.789. The summed E-state index contributed by atoms with van der Waals surface area (Å²) >= 11 is 0. The lowest BCUT2D eigenvalue weighted by molar-refractivity contribution is -0.144. The fourth-order valence-corrected chi connectivity index (χ4v) is 2.71. The molecular formula is C15H19N3O2. The van der Waals surface area contributed by atoms with Gasteiger partial charge in [0.1, 0.15) is 12.1 Å². The number of hydrogen-bond donors (Lipinski definition) is 0. The first-order valence-electron chi connectivity index (χ1n) is 6.90. The Morgan fingerprint density at radius 1 is 1.60 bits per heavy atom. The Bertz CT molecular complexity index is 563. The summed E-state index contributed by atoms with van der Waals surface area (Å²) in [4.78, 5) is 18.3. The lowest BCUT2D eigenvalue weighted by Crippen LogP contribution is -2.38. The zero-order valence-corrected chi connectivity index (χ0v) is 12.1. The third kappa shape index (κ3) is 2.60. The van der Waals surface area contributed by atoms with Gasteiger partial charge in [-0.25, -0.2) is 4.79 Å². The number of carbonyl (C=O) groups excluding carboxylic acids is 1. The van der Waals surface area contributed by atoms with Crippen LogP contribution in [0.15, 0.2) is 6.07 Å². The molecular weight excluding hydrogens is 254 g/mol. The molecule has 1 aromatic rings. The van der Waals surface area contributed by atoms with E-state index in [2.05, 4.69) is 11.1 Å². The fraction of sp³-hybridized carbons (Fsp3) is 0.533. The van der Waals surface area contributed by atoms with Crippen molar-refractivity contribution in [2.45, 2.75) is 39.7 Å². The summed E-state index contributed by atoms with van der Waals surface area (Å²) in [5.74, 6) is -0.207. The molecule has 20 heavy (non-hydrogen) atoms. The minimum Gasteiger partial charge on any atom is -0.464 e. The normalized spacial score (nSPS) is 17.9. The Labute approximate surface area is 119 Å². The number of aromatic nitrogens is 1. The molecule has 0 spiro atoms. The van der Waals surface area contributed by atoms with Crippen molar-refractivity contribution in [3.8, 4) is 6.07 Å². The second kappa shape index (κ2) is 5.91. The van der Waals surface area contributed by atoms with E-state index in [-0.39, 0.29) is 12.0 Å². The van der Waals surface area contributed by atoms with Gasteiger partial charge in [-0.05, 0) is 39.7 Å². The smallest absolute Gasteiger partial charge is 0.328 e. The predicted molar refractivity (Wildman–Crippen MR) is 75.4 cm³/mol. The maximum Gasteiger partial charge on any atom is 0.328 e. The van der Waals surface area contributed by atoms with Crippen LogP contribution in [0.1, 0.15) is 36.7 Å². The van der Waals surface area contributed by atoms with Crippen LogP contribution in [0.5, 0.6) is 0 Å². The molecule has 1 aliphatic heterocycles. The second-order valence-corrected chi connectivity index (χ2v) is 4.96. The van der Waals surface area contributed by atoms with Gasteiger partial charge in [-0.3, -0.25) is 4.98 Å². The Morgan fingerprint density at radius 3 is 3.00 bits per heavy atom. The van der Waals surface area contributed by atoms with E-state index in [1.165, 1.54) is 0 Å². The van der Waals surface area contributed by atoms with Crippen molar-refractivity contribution < 1.29 is 9.53 Å². The van der Waals surface area contributed by atoms with Crippen LogP contribution in [0, 0.1) is 25.2 Å². The van der Waals surface area contributed by atoms with Crippen molar-refractivity contribution in [2.24, 2.45) is 0 Å². The Balaban J connectivity index is 2.40. The Kier molecular flexibility index (Phi) is 4.23. The van der Waals surface area contributed by atoms with Crippen LogP contribution in [-0.2, 0) is 9.53 Å². The molecule has 106 valence electrons. The molecule has 5 nitrogen and oxygen atoms in total. The average molecular weight is 273 g/mol. The lowest BCUT2D eigenvalue weighted by atomic mass is 10.1. The maximum absolute atomic E-state index is 12.0. The van der Waals surface area contributed by atoms with Crippen molar-refractivity contribution in [3.05, 3.63) is 23.0 Å². The van der Waals surface area contributed by atoms with Crippen LogP contribution >= 0.6 is 0 Å². The van der Waals surface area contributed by atoms with E-state index in [1.807, 2.05) is 24.8 Å². The van der Waals surface area contributed by atoms with Crippen LogP contribution in [-0.4, -0.2) is 30.1 Å². The van der Waals surface area contributed by atoms with Gasteiger partial charge in [-0.15, -0.1) is 0 Å². The fourth-order valence-electron chi connectivity index (χ4n) is 2.71. The molecule has 1 unspecified atom stereocenters. The molecule has 2 heterocycles. The minimum atomic E-state index is -0.289. The monoisotopic (exact) mass is 273 g/mol. The number of aryl methyl sites for hydroxylation is 2. The molecule has 1 aromatic heterocycles. The number of nitrogens with zero attached hydrogens (tertiary/aromatic N) is 3. The number of nitriles is 1. The third-order valence-corrected chi connectivity index (χ3v) is 3.54. The molecule has 0 aromatic carbocycles. The highest BCUT2D eigenvalue weighted by atomic mass is 16.5. The number of pyridine rings is 1. The van der Waals surface area contributed by atoms with E-state index in [1.54, 1.807) is 6.92 Å². The number of carbonyl (C=O) groups is 1. The molecule has 0 bridgehead atoms. The second-order valence-electron chi connectivity index (χ2n) is 4.96. The number of hydrogen-bond acceptors (Lipinski definition) is 5. The molecule has 1 fully saturated rings. The number of esters is 1. The SMILES string of the molecule is CCOC(=O)C1CCCN1c1cc(C)nc(C)c1C#N. The molecule has 0 amide bonds. The van der Waals surface area contributed by atoms with E-state index >= 15 is 0 Å². The Morgan fingerprint density at radius 2 is 2.35 bits per heavy atom. The van der Waals surface area contributed by atoms with Crippen molar-refractivity contribution in [2.75, 3.05) is 18.1 Å². The van der Waals surface area contributed by atoms with E-state index in [0.29, 0.717) is 17.9 Å². The molecule has 1 atom stereocenters. The van der Waals surface area contributed by atoms with Gasteiger partial charge in [0.15, 0.2) is 0 Å². The van der Waals surface area contributed by atoms with Gasteiger partial charge < -0.3 is 9.64 Å². The average Bonchev–Trinajstić information content (AvgIpc) is 2.87. The van der Waals surface area contributed by atoms with Crippen molar-refractivity contribution in [1.82, 2.24) is 4.98 Å². The van der Waals surface area contributed by atoms with Gasteiger partial charge in [0, 0.05) is 12.2 Å². The standard InChI is InChI=1S/C15H19N3O2/c1-4-20-15(19)13-6-5-7-18(13)14-8-10(2)17-11(3)12(14)9-16/h8,13H,4-7H2,1-3H3. The van der Waals surface area contributed by atoms with E-state index in [0.717, 1.165) is 30.8 Å². The van der Waals surface area contributed by atoms with Crippen molar-refractivity contribution in [3.63, 3.8) is 0 Å². The summed E-state index contributed by atoms with van der Waals surface area (Å²) in [5.41, 5.74) is 2.91. The van der Waals surface area contributed by atoms with Crippen LogP contribution < -0.4 is 4.90 Å². The zero-order valence-electron chi connectivity index (χ0n) is 12.1. The topological polar surface area (TPSA) is 66.2 Å². The largest absolute Gasteiger partial charge is 0.464 e. The van der Waals surface area contributed by atoms with E-state index in [9.17, 15) is 10.1 Å². The molecule has 1 aliphatic rings. The lowest BCUT2D eigenvalue weighted by Gasteiger charge is -2.26. The maximum atomic E-state index is 12.0. The highest BCUT2D eigenvalue weighted by molar-refractivity contribution is 5.82. The summed E-state index contributed by atoms with van der Waals surface area (Å²) in [6.45, 7) is 6.67. The number of ether oxygens (including phenoxy) is 1. The summed E-state index contributed by atoms with van der Waals surface area (Å²) in [6.07, 6.45) is 1.69. The highest BCUT2D eigenvalue weighted by Gasteiger charge is 2.33. The molecule has 0 aliphatic carbocycles. The van der Waals surface area contributed by atoms with E-state index < -0.39 is 0 Å². The first-order valence-corrected chi connectivity index (χ1v) is 6.90. The molecule has 5 heteroatoms. The van der Waals surface area contributed by atoms with Crippen LogP contribution in [0.25, 0.3) is 0 Å². The third-order valence-electron chi connectivity index (χ3n) is 3.54. The van der Waals surface area contributed by atoms with Gasteiger partial charge in [0.05, 0.1) is 23.6 Å². The summed E-state index contributed by atoms with van der Waals surface area (Å²) in [6, 6.07) is 3.79. The van der Waals surface area contributed by atoms with Gasteiger partial charge in [-0.2, -0.15) is 5.26 Å². The molecule has 0 radical (unpaired) electrons. The van der Waals surface area contributed by atoms with E-state index in [4.69, 9.17) is 4.74 Å². The summed E-state index contributed by atoms with van der Waals surface area (Å²) < 4.78 is 5.13. The van der Waals surface area contributed by atoms with Gasteiger partial charge in [0.2, 0.25) is 0 Å².